The van der Waals surface area contributed by atoms with Crippen molar-refractivity contribution in [2.75, 3.05) is 0 Å². The van der Waals surface area contributed by atoms with Gasteiger partial charge in [0.25, 0.3) is 0 Å². The molecule has 0 bridgehead atoms. The van der Waals surface area contributed by atoms with Crippen LogP contribution in [-0.2, 0) is 6.42 Å². The van der Waals surface area contributed by atoms with Crippen LogP contribution in [0.3, 0.4) is 0 Å². The van der Waals surface area contributed by atoms with Crippen molar-refractivity contribution in [3.8, 4) is 0 Å². The summed E-state index contributed by atoms with van der Waals surface area (Å²) in [6, 6.07) is 18.0. The second kappa shape index (κ2) is 6.19. The van der Waals surface area contributed by atoms with E-state index in [1.807, 2.05) is 0 Å². The Morgan fingerprint density at radius 3 is 2.64 bits per heavy atom. The molecule has 0 heterocycles. The molecule has 2 atom stereocenters. The van der Waals surface area contributed by atoms with Crippen LogP contribution in [0.25, 0.3) is 6.08 Å². The molecule has 2 unspecified atom stereocenters. The Labute approximate surface area is 150 Å². The third kappa shape index (κ3) is 2.61. The van der Waals surface area contributed by atoms with Crippen LogP contribution in [0.15, 0.2) is 77.9 Å². The molecule has 0 heteroatoms. The summed E-state index contributed by atoms with van der Waals surface area (Å²) in [7, 11) is 0. The van der Waals surface area contributed by atoms with Gasteiger partial charge in [0.2, 0.25) is 0 Å². The van der Waals surface area contributed by atoms with E-state index in [2.05, 4.69) is 72.8 Å². The molecule has 3 aliphatic rings. The summed E-state index contributed by atoms with van der Waals surface area (Å²) in [5.41, 5.74) is 9.32. The number of benzene rings is 2. The Hall–Kier alpha value is -2.34. The lowest BCUT2D eigenvalue weighted by atomic mass is 9.83. The summed E-state index contributed by atoms with van der Waals surface area (Å²) in [4.78, 5) is 0. The Morgan fingerprint density at radius 2 is 1.68 bits per heavy atom. The normalized spacial score (nSPS) is 23.8. The van der Waals surface area contributed by atoms with Gasteiger partial charge in [-0.25, -0.2) is 0 Å². The van der Waals surface area contributed by atoms with Crippen LogP contribution in [-0.4, -0.2) is 0 Å². The molecule has 124 valence electrons. The molecule has 0 aromatic heterocycles. The van der Waals surface area contributed by atoms with E-state index in [-0.39, 0.29) is 0 Å². The molecular formula is C25H24. The van der Waals surface area contributed by atoms with Crippen molar-refractivity contribution in [2.45, 2.75) is 43.9 Å². The highest BCUT2D eigenvalue weighted by Gasteiger charge is 2.28. The first-order valence-corrected chi connectivity index (χ1v) is 9.63. The lowest BCUT2D eigenvalue weighted by Gasteiger charge is -2.21. The molecule has 0 spiro atoms. The van der Waals surface area contributed by atoms with Crippen molar-refractivity contribution in [1.82, 2.24) is 0 Å². The van der Waals surface area contributed by atoms with Crippen molar-refractivity contribution in [3.05, 3.63) is 100 Å². The number of rotatable bonds is 3. The van der Waals surface area contributed by atoms with Crippen molar-refractivity contribution in [1.29, 1.82) is 0 Å². The van der Waals surface area contributed by atoms with Gasteiger partial charge in [0.1, 0.15) is 0 Å². The second-order valence-corrected chi connectivity index (χ2v) is 7.59. The maximum Gasteiger partial charge on any atom is 0.00945 e. The summed E-state index contributed by atoms with van der Waals surface area (Å²) < 4.78 is 0. The van der Waals surface area contributed by atoms with E-state index >= 15 is 0 Å². The molecule has 5 rings (SSSR count). The minimum atomic E-state index is 0.522. The molecule has 0 saturated carbocycles. The van der Waals surface area contributed by atoms with E-state index in [1.165, 1.54) is 42.4 Å². The molecule has 2 aromatic carbocycles. The van der Waals surface area contributed by atoms with E-state index in [0.29, 0.717) is 11.8 Å². The highest BCUT2D eigenvalue weighted by Crippen LogP contribution is 2.45. The Balaban J connectivity index is 1.48. The van der Waals surface area contributed by atoms with E-state index in [0.717, 1.165) is 6.42 Å². The first-order chi connectivity index (χ1) is 12.4. The first-order valence-electron chi connectivity index (χ1n) is 9.63. The fraction of sp³-hybridized carbons (Fsp3) is 0.280. The van der Waals surface area contributed by atoms with Crippen LogP contribution in [0.5, 0.6) is 0 Å². The number of fused-ring (bicyclic) bond motifs is 1. The van der Waals surface area contributed by atoms with Crippen LogP contribution in [0, 0.1) is 0 Å². The maximum atomic E-state index is 2.41. The largest absolute Gasteiger partial charge is 0.0839 e. The third-order valence-corrected chi connectivity index (χ3v) is 6.20. The molecule has 0 N–H and O–H groups in total. The van der Waals surface area contributed by atoms with Gasteiger partial charge >= 0.3 is 0 Å². The number of hydrogen-bond donors (Lipinski definition) is 0. The number of allylic oxidation sites excluding steroid dienone is 5. The zero-order valence-electron chi connectivity index (χ0n) is 14.6. The molecule has 0 nitrogen and oxygen atoms in total. The summed E-state index contributed by atoms with van der Waals surface area (Å²) in [5.74, 6) is 1.14. The summed E-state index contributed by atoms with van der Waals surface area (Å²) >= 11 is 0. The van der Waals surface area contributed by atoms with Gasteiger partial charge in [-0.05, 0) is 59.9 Å². The van der Waals surface area contributed by atoms with Crippen LogP contribution in [0.4, 0.5) is 0 Å². The minimum absolute atomic E-state index is 0.522. The molecule has 25 heavy (non-hydrogen) atoms. The molecule has 0 fully saturated rings. The fourth-order valence-corrected chi connectivity index (χ4v) is 4.96. The van der Waals surface area contributed by atoms with Gasteiger partial charge in [0.05, 0.1) is 0 Å². The quantitative estimate of drug-likeness (QED) is 0.599. The van der Waals surface area contributed by atoms with E-state index in [9.17, 15) is 0 Å². The highest BCUT2D eigenvalue weighted by atomic mass is 14.3. The lowest BCUT2D eigenvalue weighted by Crippen LogP contribution is -2.06. The standard InChI is InChI=1S/C25H24/c1-4-10-22-18(7-1)13-14-21(22)17-20-9-3-6-12-24(20)25-16-15-19-8-2-5-11-23(19)25/h1,3-7,9-14,21,25H,2,8,15-17H2. The zero-order chi connectivity index (χ0) is 16.6. The highest BCUT2D eigenvalue weighted by molar-refractivity contribution is 5.62. The maximum absolute atomic E-state index is 2.41. The predicted octanol–water partition coefficient (Wildman–Crippen LogP) is 6.56. The van der Waals surface area contributed by atoms with Gasteiger partial charge in [-0.3, -0.25) is 0 Å². The second-order valence-electron chi connectivity index (χ2n) is 7.59. The van der Waals surface area contributed by atoms with Crippen LogP contribution in [0.2, 0.25) is 0 Å². The molecule has 0 radical (unpaired) electrons. The van der Waals surface area contributed by atoms with Crippen molar-refractivity contribution in [2.24, 2.45) is 0 Å². The first kappa shape index (κ1) is 15.0. The van der Waals surface area contributed by atoms with Gasteiger partial charge in [0, 0.05) is 11.8 Å². The number of hydrogen-bond acceptors (Lipinski definition) is 0. The molecular weight excluding hydrogens is 300 g/mol. The van der Waals surface area contributed by atoms with Gasteiger partial charge in [-0.15, -0.1) is 0 Å². The summed E-state index contributed by atoms with van der Waals surface area (Å²) in [6.45, 7) is 0. The van der Waals surface area contributed by atoms with Gasteiger partial charge in [0.15, 0.2) is 0 Å². The van der Waals surface area contributed by atoms with Gasteiger partial charge < -0.3 is 0 Å². The smallest absolute Gasteiger partial charge is 0.00945 e. The molecule has 0 aliphatic heterocycles. The van der Waals surface area contributed by atoms with Crippen LogP contribution in [0.1, 0.15) is 59.8 Å². The predicted molar refractivity (Wildman–Crippen MR) is 106 cm³/mol. The monoisotopic (exact) mass is 324 g/mol. The molecule has 2 aromatic rings. The van der Waals surface area contributed by atoms with Crippen molar-refractivity contribution < 1.29 is 0 Å². The van der Waals surface area contributed by atoms with Crippen molar-refractivity contribution in [3.63, 3.8) is 0 Å². The average molecular weight is 324 g/mol. The Bertz CT molecular complexity index is 894. The SMILES string of the molecule is C1=CC2=C(CC1)CCC2c1ccccc1CC1C=Cc2ccccc21. The Morgan fingerprint density at radius 1 is 0.840 bits per heavy atom. The van der Waals surface area contributed by atoms with E-state index in [4.69, 9.17) is 0 Å². The van der Waals surface area contributed by atoms with Gasteiger partial charge in [-0.1, -0.05) is 78.4 Å². The van der Waals surface area contributed by atoms with Crippen LogP contribution >= 0.6 is 0 Å². The topological polar surface area (TPSA) is 0 Å². The molecule has 0 amide bonds. The Kier molecular flexibility index (Phi) is 3.70. The summed E-state index contributed by atoms with van der Waals surface area (Å²) in [5, 5.41) is 0. The van der Waals surface area contributed by atoms with E-state index < -0.39 is 0 Å². The summed E-state index contributed by atoms with van der Waals surface area (Å²) in [6.07, 6.45) is 15.7. The van der Waals surface area contributed by atoms with Crippen LogP contribution < -0.4 is 0 Å². The van der Waals surface area contributed by atoms with Crippen molar-refractivity contribution >= 4 is 6.08 Å². The lowest BCUT2D eigenvalue weighted by molar-refractivity contribution is 0.749. The molecule has 3 aliphatic carbocycles. The third-order valence-electron chi connectivity index (χ3n) is 6.20. The van der Waals surface area contributed by atoms with Gasteiger partial charge in [-0.2, -0.15) is 0 Å². The fourth-order valence-electron chi connectivity index (χ4n) is 4.96. The van der Waals surface area contributed by atoms with E-state index in [1.54, 1.807) is 16.7 Å². The minimum Gasteiger partial charge on any atom is -0.0839 e. The zero-order valence-corrected chi connectivity index (χ0v) is 14.6. The molecule has 0 saturated heterocycles. The average Bonchev–Trinajstić information content (AvgIpc) is 3.27.